The molecule has 0 aliphatic heterocycles. The summed E-state index contributed by atoms with van der Waals surface area (Å²) < 4.78 is 5.11. The molecule has 1 heterocycles. The van der Waals surface area contributed by atoms with Crippen LogP contribution in [0.4, 0.5) is 5.69 Å². The van der Waals surface area contributed by atoms with Gasteiger partial charge < -0.3 is 15.8 Å². The summed E-state index contributed by atoms with van der Waals surface area (Å²) in [6.07, 6.45) is 1.46. The number of pyridine rings is 1. The molecule has 108 valence electrons. The van der Waals surface area contributed by atoms with E-state index in [0.29, 0.717) is 17.0 Å². The first-order valence-corrected chi connectivity index (χ1v) is 6.36. The molecule has 0 aliphatic carbocycles. The van der Waals surface area contributed by atoms with E-state index in [9.17, 15) is 9.59 Å². The number of nitrogens with zero attached hydrogens (tertiary/aromatic N) is 1. The molecule has 7 heteroatoms. The maximum absolute atomic E-state index is 12.0. The Kier molecular flexibility index (Phi) is 4.73. The van der Waals surface area contributed by atoms with E-state index in [1.165, 1.54) is 12.3 Å². The molecular formula is C14H12ClN3O3. The van der Waals surface area contributed by atoms with Crippen molar-refractivity contribution in [1.82, 2.24) is 4.98 Å². The van der Waals surface area contributed by atoms with Crippen LogP contribution < -0.4 is 15.8 Å². The van der Waals surface area contributed by atoms with E-state index in [1.807, 2.05) is 0 Å². The zero-order valence-electron chi connectivity index (χ0n) is 10.9. The van der Waals surface area contributed by atoms with E-state index in [2.05, 4.69) is 10.3 Å². The van der Waals surface area contributed by atoms with E-state index in [0.717, 1.165) is 0 Å². The highest BCUT2D eigenvalue weighted by atomic mass is 35.5. The third kappa shape index (κ3) is 4.47. The number of hydrogen-bond donors (Lipinski definition) is 2. The van der Waals surface area contributed by atoms with Crippen molar-refractivity contribution in [3.8, 4) is 5.75 Å². The smallest absolute Gasteiger partial charge is 0.255 e. The predicted molar refractivity (Wildman–Crippen MR) is 78.3 cm³/mol. The fraction of sp³-hybridized carbons (Fsp3) is 0.0714. The minimum absolute atomic E-state index is 0.193. The normalized spacial score (nSPS) is 9.95. The number of nitrogens with one attached hydrogen (secondary N) is 1. The number of primary amides is 1. The molecule has 0 unspecified atom stereocenters. The zero-order valence-corrected chi connectivity index (χ0v) is 11.6. The highest BCUT2D eigenvalue weighted by molar-refractivity contribution is 6.29. The zero-order chi connectivity index (χ0) is 15.2. The van der Waals surface area contributed by atoms with Crippen LogP contribution in [0.25, 0.3) is 0 Å². The van der Waals surface area contributed by atoms with Crippen molar-refractivity contribution in [3.05, 3.63) is 53.3 Å². The van der Waals surface area contributed by atoms with E-state index in [-0.39, 0.29) is 17.7 Å². The summed E-state index contributed by atoms with van der Waals surface area (Å²) in [7, 11) is 0. The molecule has 0 atom stereocenters. The van der Waals surface area contributed by atoms with Crippen LogP contribution in [0.1, 0.15) is 10.4 Å². The number of nitrogens with two attached hydrogens (primary N) is 1. The van der Waals surface area contributed by atoms with Crippen molar-refractivity contribution < 1.29 is 14.3 Å². The van der Waals surface area contributed by atoms with Crippen molar-refractivity contribution in [3.63, 3.8) is 0 Å². The van der Waals surface area contributed by atoms with Crippen LogP contribution in [0, 0.1) is 0 Å². The molecule has 0 saturated carbocycles. The number of aromatic nitrogens is 1. The van der Waals surface area contributed by atoms with Crippen LogP contribution in [0.15, 0.2) is 42.6 Å². The van der Waals surface area contributed by atoms with Gasteiger partial charge in [-0.15, -0.1) is 0 Å². The molecule has 1 aromatic heterocycles. The number of benzene rings is 1. The first-order valence-electron chi connectivity index (χ1n) is 5.98. The molecule has 0 spiro atoms. The second kappa shape index (κ2) is 6.71. The monoisotopic (exact) mass is 305 g/mol. The Bertz CT molecular complexity index is 659. The van der Waals surface area contributed by atoms with Gasteiger partial charge in [-0.25, -0.2) is 4.98 Å². The lowest BCUT2D eigenvalue weighted by atomic mass is 10.2. The largest absolute Gasteiger partial charge is 0.484 e. The molecule has 2 rings (SSSR count). The topological polar surface area (TPSA) is 94.3 Å². The molecule has 3 N–H and O–H groups in total. The quantitative estimate of drug-likeness (QED) is 0.824. The average molecular weight is 306 g/mol. The van der Waals surface area contributed by atoms with Gasteiger partial charge in [0.25, 0.3) is 11.8 Å². The van der Waals surface area contributed by atoms with Gasteiger partial charge in [-0.2, -0.15) is 0 Å². The molecule has 1 aromatic carbocycles. The summed E-state index contributed by atoms with van der Waals surface area (Å²) >= 11 is 5.73. The van der Waals surface area contributed by atoms with E-state index in [4.69, 9.17) is 22.1 Å². The average Bonchev–Trinajstić information content (AvgIpc) is 2.46. The number of rotatable bonds is 5. The lowest BCUT2D eigenvalue weighted by Gasteiger charge is -2.07. The van der Waals surface area contributed by atoms with Gasteiger partial charge in [-0.05, 0) is 36.4 Å². The van der Waals surface area contributed by atoms with Crippen molar-refractivity contribution in [2.45, 2.75) is 0 Å². The van der Waals surface area contributed by atoms with Crippen molar-refractivity contribution >= 4 is 29.1 Å². The van der Waals surface area contributed by atoms with Gasteiger partial charge in [-0.3, -0.25) is 9.59 Å². The third-order valence-electron chi connectivity index (χ3n) is 2.48. The van der Waals surface area contributed by atoms with Crippen LogP contribution in [-0.2, 0) is 4.79 Å². The minimum Gasteiger partial charge on any atom is -0.484 e. The molecule has 2 aromatic rings. The Morgan fingerprint density at radius 1 is 1.24 bits per heavy atom. The van der Waals surface area contributed by atoms with Crippen molar-refractivity contribution in [2.75, 3.05) is 11.9 Å². The third-order valence-corrected chi connectivity index (χ3v) is 2.69. The van der Waals surface area contributed by atoms with Crippen LogP contribution in [-0.4, -0.2) is 23.4 Å². The second-order valence-electron chi connectivity index (χ2n) is 4.10. The van der Waals surface area contributed by atoms with Gasteiger partial charge in [0.15, 0.2) is 6.61 Å². The Morgan fingerprint density at radius 3 is 2.57 bits per heavy atom. The van der Waals surface area contributed by atoms with Crippen LogP contribution in [0.3, 0.4) is 0 Å². The summed E-state index contributed by atoms with van der Waals surface area (Å²) in [5, 5.41) is 2.95. The molecule has 0 bridgehead atoms. The van der Waals surface area contributed by atoms with Crippen LogP contribution in [0.2, 0.25) is 5.15 Å². The number of carbonyl (C=O) groups excluding carboxylic acids is 2. The first kappa shape index (κ1) is 14.8. The Labute approximate surface area is 125 Å². The van der Waals surface area contributed by atoms with Crippen LogP contribution in [0.5, 0.6) is 5.75 Å². The summed E-state index contributed by atoms with van der Waals surface area (Å²) in [4.78, 5) is 26.4. The Hall–Kier alpha value is -2.60. The molecule has 21 heavy (non-hydrogen) atoms. The molecule has 6 nitrogen and oxygen atoms in total. The SMILES string of the molecule is NC(=O)COc1ccc(NC(=O)c2ccnc(Cl)c2)cc1. The predicted octanol–water partition coefficient (Wildman–Crippen LogP) is 1.85. The second-order valence-corrected chi connectivity index (χ2v) is 4.49. The van der Waals surface area contributed by atoms with Gasteiger partial charge in [0.2, 0.25) is 0 Å². The summed E-state index contributed by atoms with van der Waals surface area (Å²) in [6, 6.07) is 9.58. The molecule has 0 radical (unpaired) electrons. The summed E-state index contributed by atoms with van der Waals surface area (Å²) in [5.41, 5.74) is 5.97. The maximum atomic E-state index is 12.0. The van der Waals surface area contributed by atoms with Gasteiger partial charge >= 0.3 is 0 Å². The highest BCUT2D eigenvalue weighted by Crippen LogP contribution is 2.17. The Balaban J connectivity index is 2.00. The van der Waals surface area contributed by atoms with E-state index >= 15 is 0 Å². The molecule has 0 aliphatic rings. The summed E-state index contributed by atoms with van der Waals surface area (Å²) in [6.45, 7) is -0.193. The lowest BCUT2D eigenvalue weighted by Crippen LogP contribution is -2.20. The fourth-order valence-corrected chi connectivity index (χ4v) is 1.71. The maximum Gasteiger partial charge on any atom is 0.255 e. The Morgan fingerprint density at radius 2 is 1.95 bits per heavy atom. The summed E-state index contributed by atoms with van der Waals surface area (Å²) in [5.74, 6) is -0.370. The van der Waals surface area contributed by atoms with Gasteiger partial charge in [-0.1, -0.05) is 11.6 Å². The van der Waals surface area contributed by atoms with Gasteiger partial charge in [0, 0.05) is 17.4 Å². The van der Waals surface area contributed by atoms with Gasteiger partial charge in [0.1, 0.15) is 10.9 Å². The number of carbonyl (C=O) groups is 2. The number of ether oxygens (including phenoxy) is 1. The van der Waals surface area contributed by atoms with Crippen LogP contribution >= 0.6 is 11.6 Å². The number of anilines is 1. The highest BCUT2D eigenvalue weighted by Gasteiger charge is 2.07. The van der Waals surface area contributed by atoms with Gasteiger partial charge in [0.05, 0.1) is 0 Å². The van der Waals surface area contributed by atoms with E-state index in [1.54, 1.807) is 30.3 Å². The van der Waals surface area contributed by atoms with Crippen molar-refractivity contribution in [1.29, 1.82) is 0 Å². The van der Waals surface area contributed by atoms with E-state index < -0.39 is 5.91 Å². The standard InChI is InChI=1S/C14H12ClN3O3/c15-12-7-9(5-6-17-12)14(20)18-10-1-3-11(4-2-10)21-8-13(16)19/h1-7H,8H2,(H2,16,19)(H,18,20). The number of amides is 2. The fourth-order valence-electron chi connectivity index (χ4n) is 1.54. The molecular weight excluding hydrogens is 294 g/mol. The van der Waals surface area contributed by atoms with Crippen molar-refractivity contribution in [2.24, 2.45) is 5.73 Å². The minimum atomic E-state index is -0.554. The lowest BCUT2D eigenvalue weighted by molar-refractivity contribution is -0.119. The number of halogens is 1. The number of hydrogen-bond acceptors (Lipinski definition) is 4. The molecule has 2 amide bonds. The molecule has 0 fully saturated rings. The first-order chi connectivity index (χ1) is 10.0. The molecule has 0 saturated heterocycles.